The van der Waals surface area contributed by atoms with E-state index in [1.54, 1.807) is 11.3 Å². The van der Waals surface area contributed by atoms with Gasteiger partial charge in [-0.1, -0.05) is 18.2 Å². The van der Waals surface area contributed by atoms with Gasteiger partial charge in [0.25, 0.3) is 5.91 Å². The smallest absolute Gasteiger partial charge is 0.293 e. The monoisotopic (exact) mass is 394 g/mol. The first-order chi connectivity index (χ1) is 13.7. The number of carbonyl (C=O) groups excluding carboxylic acids is 1. The highest BCUT2D eigenvalue weighted by Gasteiger charge is 2.39. The summed E-state index contributed by atoms with van der Waals surface area (Å²) in [6, 6.07) is 9.47. The van der Waals surface area contributed by atoms with Gasteiger partial charge in [0, 0.05) is 43.2 Å². The summed E-state index contributed by atoms with van der Waals surface area (Å²) in [5.41, 5.74) is 3.83. The molecular formula is C20H22N6OS. The fourth-order valence-corrected chi connectivity index (χ4v) is 5.13. The van der Waals surface area contributed by atoms with Crippen molar-refractivity contribution < 1.29 is 4.79 Å². The van der Waals surface area contributed by atoms with Gasteiger partial charge in [0.05, 0.1) is 11.2 Å². The Kier molecular flexibility index (Phi) is 4.44. The average molecular weight is 395 g/mol. The first-order valence-corrected chi connectivity index (χ1v) is 10.4. The molecule has 0 aliphatic carbocycles. The van der Waals surface area contributed by atoms with Gasteiger partial charge in [-0.25, -0.2) is 4.98 Å². The SMILES string of the molecule is Cc1ncsc1CN1C[C@H]2Cc3nnc(C(=O)Nc4ccccc4)n3C[C@H]2C1. The molecule has 4 heterocycles. The fourth-order valence-electron chi connectivity index (χ4n) is 4.31. The highest BCUT2D eigenvalue weighted by atomic mass is 32.1. The second kappa shape index (κ2) is 7.10. The highest BCUT2D eigenvalue weighted by Crippen LogP contribution is 2.34. The fraction of sp³-hybridized carbons (Fsp3) is 0.400. The zero-order valence-corrected chi connectivity index (χ0v) is 16.5. The summed E-state index contributed by atoms with van der Waals surface area (Å²) >= 11 is 1.73. The molecule has 3 aromatic rings. The molecule has 0 bridgehead atoms. The van der Waals surface area contributed by atoms with Crippen molar-refractivity contribution in [2.45, 2.75) is 26.4 Å². The van der Waals surface area contributed by atoms with E-state index in [4.69, 9.17) is 0 Å². The van der Waals surface area contributed by atoms with Crippen molar-refractivity contribution in [2.75, 3.05) is 18.4 Å². The van der Waals surface area contributed by atoms with Gasteiger partial charge in [0.1, 0.15) is 5.82 Å². The van der Waals surface area contributed by atoms with Gasteiger partial charge in [0.2, 0.25) is 5.82 Å². The molecule has 1 N–H and O–H groups in total. The summed E-state index contributed by atoms with van der Waals surface area (Å²) in [6.07, 6.45) is 0.883. The van der Waals surface area contributed by atoms with Crippen LogP contribution in [-0.4, -0.2) is 43.6 Å². The molecule has 5 rings (SSSR count). The topological polar surface area (TPSA) is 75.9 Å². The summed E-state index contributed by atoms with van der Waals surface area (Å²) in [4.78, 5) is 20.9. The molecule has 1 aromatic carbocycles. The van der Waals surface area contributed by atoms with Crippen LogP contribution < -0.4 is 5.32 Å². The lowest BCUT2D eigenvalue weighted by molar-refractivity contribution is 0.100. The first-order valence-electron chi connectivity index (χ1n) is 9.57. The Labute approximate surface area is 167 Å². The normalized spacial score (nSPS) is 21.3. The molecule has 7 nitrogen and oxygen atoms in total. The predicted molar refractivity (Wildman–Crippen MR) is 107 cm³/mol. The van der Waals surface area contributed by atoms with Gasteiger partial charge in [-0.3, -0.25) is 9.69 Å². The van der Waals surface area contributed by atoms with Crippen molar-refractivity contribution in [1.82, 2.24) is 24.6 Å². The second-order valence-corrected chi connectivity index (χ2v) is 8.59. The number of benzene rings is 1. The second-order valence-electron chi connectivity index (χ2n) is 7.65. The molecule has 1 amide bonds. The molecule has 8 heteroatoms. The Balaban J connectivity index is 1.29. The Morgan fingerprint density at radius 1 is 1.18 bits per heavy atom. The Hall–Kier alpha value is -2.58. The van der Waals surface area contributed by atoms with Crippen molar-refractivity contribution in [3.63, 3.8) is 0 Å². The standard InChI is InChI=1S/C20H22N6OS/c1-13-17(28-12-21-13)11-25-8-14-7-18-23-24-19(26(18)10-15(14)9-25)20(27)22-16-5-3-2-4-6-16/h2-6,12,14-15H,7-11H2,1H3,(H,22,27)/t14-,15-/m1/s1. The van der Waals surface area contributed by atoms with Crippen LogP contribution >= 0.6 is 11.3 Å². The van der Waals surface area contributed by atoms with Crippen LogP contribution in [0.2, 0.25) is 0 Å². The van der Waals surface area contributed by atoms with Crippen LogP contribution in [0, 0.1) is 18.8 Å². The van der Waals surface area contributed by atoms with Crippen molar-refractivity contribution in [3.05, 3.63) is 58.1 Å². The Morgan fingerprint density at radius 2 is 2.00 bits per heavy atom. The lowest BCUT2D eigenvalue weighted by atomic mass is 9.89. The van der Waals surface area contributed by atoms with Crippen LogP contribution in [-0.2, 0) is 19.5 Å². The molecule has 0 unspecified atom stereocenters. The van der Waals surface area contributed by atoms with Crippen LogP contribution in [0.15, 0.2) is 35.8 Å². The predicted octanol–water partition coefficient (Wildman–Crippen LogP) is 2.60. The van der Waals surface area contributed by atoms with E-state index >= 15 is 0 Å². The minimum atomic E-state index is -0.196. The minimum Gasteiger partial charge on any atom is -0.319 e. The summed E-state index contributed by atoms with van der Waals surface area (Å²) in [6.45, 7) is 5.96. The zero-order valence-electron chi connectivity index (χ0n) is 15.7. The first kappa shape index (κ1) is 17.5. The number of hydrogen-bond donors (Lipinski definition) is 1. The number of likely N-dealkylation sites (tertiary alicyclic amines) is 1. The summed E-state index contributed by atoms with van der Waals surface area (Å²) < 4.78 is 2.01. The Morgan fingerprint density at radius 3 is 2.79 bits per heavy atom. The molecule has 2 atom stereocenters. The molecule has 1 fully saturated rings. The van der Waals surface area contributed by atoms with Crippen LogP contribution in [0.1, 0.15) is 27.0 Å². The summed E-state index contributed by atoms with van der Waals surface area (Å²) in [7, 11) is 0. The summed E-state index contributed by atoms with van der Waals surface area (Å²) in [5, 5.41) is 11.4. The van der Waals surface area contributed by atoms with Crippen molar-refractivity contribution in [2.24, 2.45) is 11.8 Å². The molecule has 0 spiro atoms. The molecule has 0 saturated carbocycles. The number of fused-ring (bicyclic) bond motifs is 2. The number of hydrogen-bond acceptors (Lipinski definition) is 6. The van der Waals surface area contributed by atoms with Crippen LogP contribution in [0.3, 0.4) is 0 Å². The van der Waals surface area contributed by atoms with E-state index in [0.717, 1.165) is 49.8 Å². The molecule has 2 aromatic heterocycles. The number of nitrogens with zero attached hydrogens (tertiary/aromatic N) is 5. The van der Waals surface area contributed by atoms with E-state index in [-0.39, 0.29) is 5.91 Å². The lowest BCUT2D eigenvalue weighted by Gasteiger charge is -2.25. The van der Waals surface area contributed by atoms with E-state index in [2.05, 4.69) is 32.3 Å². The molecule has 1 saturated heterocycles. The van der Waals surface area contributed by atoms with E-state index in [0.29, 0.717) is 17.7 Å². The van der Waals surface area contributed by atoms with Crippen LogP contribution in [0.4, 0.5) is 5.69 Å². The van der Waals surface area contributed by atoms with Crippen molar-refractivity contribution in [3.8, 4) is 0 Å². The third-order valence-electron chi connectivity index (χ3n) is 5.79. The third kappa shape index (κ3) is 3.22. The number of amides is 1. The Bertz CT molecular complexity index is 997. The maximum Gasteiger partial charge on any atom is 0.293 e. The highest BCUT2D eigenvalue weighted by molar-refractivity contribution is 7.09. The molecule has 144 valence electrons. The van der Waals surface area contributed by atoms with Crippen molar-refractivity contribution in [1.29, 1.82) is 0 Å². The summed E-state index contributed by atoms with van der Waals surface area (Å²) in [5.74, 6) is 2.25. The van der Waals surface area contributed by atoms with Crippen LogP contribution in [0.25, 0.3) is 0 Å². The van der Waals surface area contributed by atoms with E-state index < -0.39 is 0 Å². The van der Waals surface area contributed by atoms with Gasteiger partial charge < -0.3 is 9.88 Å². The quantitative estimate of drug-likeness (QED) is 0.736. The number of rotatable bonds is 4. The zero-order chi connectivity index (χ0) is 19.1. The molecule has 2 aliphatic heterocycles. The van der Waals surface area contributed by atoms with E-state index in [1.165, 1.54) is 4.88 Å². The third-order valence-corrected chi connectivity index (χ3v) is 6.71. The van der Waals surface area contributed by atoms with Crippen LogP contribution in [0.5, 0.6) is 0 Å². The number of thiazole rings is 1. The number of nitrogens with one attached hydrogen (secondary N) is 1. The minimum absolute atomic E-state index is 0.196. The van der Waals surface area contributed by atoms with Gasteiger partial charge in [-0.2, -0.15) is 0 Å². The van der Waals surface area contributed by atoms with Crippen molar-refractivity contribution >= 4 is 22.9 Å². The molecule has 0 radical (unpaired) electrons. The van der Waals surface area contributed by atoms with Gasteiger partial charge in [0.15, 0.2) is 0 Å². The molecular weight excluding hydrogens is 372 g/mol. The largest absolute Gasteiger partial charge is 0.319 e. The van der Waals surface area contributed by atoms with Gasteiger partial charge in [-0.15, -0.1) is 21.5 Å². The maximum atomic E-state index is 12.7. The number of anilines is 1. The van der Waals surface area contributed by atoms with E-state index in [1.807, 2.05) is 40.4 Å². The number of para-hydroxylation sites is 1. The average Bonchev–Trinajstić information content (AvgIpc) is 3.39. The number of aryl methyl sites for hydroxylation is 1. The maximum absolute atomic E-state index is 12.7. The van der Waals surface area contributed by atoms with E-state index in [9.17, 15) is 4.79 Å². The lowest BCUT2D eigenvalue weighted by Crippen LogP contribution is -2.31. The van der Waals surface area contributed by atoms with Gasteiger partial charge in [-0.05, 0) is 30.9 Å². The van der Waals surface area contributed by atoms with Gasteiger partial charge >= 0.3 is 0 Å². The molecule has 2 aliphatic rings. The number of carbonyl (C=O) groups is 1. The number of aromatic nitrogens is 4. The molecule has 28 heavy (non-hydrogen) atoms.